The van der Waals surface area contributed by atoms with E-state index in [0.29, 0.717) is 5.56 Å². The number of nitrogens with zero attached hydrogens (tertiary/aromatic N) is 3. The maximum absolute atomic E-state index is 13.8. The van der Waals surface area contributed by atoms with Crippen molar-refractivity contribution in [3.63, 3.8) is 0 Å². The fourth-order valence-corrected chi connectivity index (χ4v) is 3.41. The first kappa shape index (κ1) is 18.1. The van der Waals surface area contributed by atoms with E-state index in [-0.39, 0.29) is 5.82 Å². The van der Waals surface area contributed by atoms with E-state index in [1.54, 1.807) is 18.3 Å². The van der Waals surface area contributed by atoms with Gasteiger partial charge in [0.25, 0.3) is 0 Å². The average Bonchev–Trinajstić information content (AvgIpc) is 2.59. The van der Waals surface area contributed by atoms with E-state index >= 15 is 0 Å². The molecular formula is C20H23BrFN3. The first-order chi connectivity index (χ1) is 12.0. The molecule has 0 aromatic heterocycles. The van der Waals surface area contributed by atoms with Crippen LogP contribution in [-0.4, -0.2) is 42.3 Å². The van der Waals surface area contributed by atoms with Gasteiger partial charge >= 0.3 is 0 Å². The van der Waals surface area contributed by atoms with Crippen LogP contribution in [0.4, 0.5) is 4.39 Å². The second kappa shape index (κ2) is 8.11. The Bertz CT molecular complexity index is 768. The molecule has 2 aromatic carbocycles. The molecule has 2 aromatic rings. The molecule has 0 atom stereocenters. The zero-order valence-electron chi connectivity index (χ0n) is 14.7. The van der Waals surface area contributed by atoms with Gasteiger partial charge in [0.05, 0.1) is 6.21 Å². The maximum Gasteiger partial charge on any atom is 0.132 e. The van der Waals surface area contributed by atoms with Gasteiger partial charge in [-0.3, -0.25) is 9.91 Å². The van der Waals surface area contributed by atoms with Crippen LogP contribution >= 0.6 is 15.9 Å². The van der Waals surface area contributed by atoms with Gasteiger partial charge in [-0.1, -0.05) is 39.7 Å². The number of benzene rings is 2. The van der Waals surface area contributed by atoms with Gasteiger partial charge in [-0.2, -0.15) is 5.10 Å². The lowest BCUT2D eigenvalue weighted by atomic mass is 10.1. The van der Waals surface area contributed by atoms with E-state index in [0.717, 1.165) is 37.2 Å². The number of hydrazone groups is 1. The fraction of sp³-hybridized carbons (Fsp3) is 0.350. The summed E-state index contributed by atoms with van der Waals surface area (Å²) in [5.41, 5.74) is 4.55. The predicted octanol–water partition coefficient (Wildman–Crippen LogP) is 4.36. The van der Waals surface area contributed by atoms with Crippen LogP contribution in [0.25, 0.3) is 0 Å². The van der Waals surface area contributed by atoms with Gasteiger partial charge in [0.15, 0.2) is 0 Å². The fourth-order valence-electron chi connectivity index (χ4n) is 3.03. The van der Waals surface area contributed by atoms with Gasteiger partial charge in [-0.15, -0.1) is 0 Å². The van der Waals surface area contributed by atoms with E-state index < -0.39 is 0 Å². The molecule has 1 heterocycles. The molecule has 0 amide bonds. The van der Waals surface area contributed by atoms with E-state index in [2.05, 4.69) is 58.0 Å². The Morgan fingerprint density at radius 1 is 1.08 bits per heavy atom. The molecule has 0 saturated carbocycles. The van der Waals surface area contributed by atoms with Crippen LogP contribution in [-0.2, 0) is 6.54 Å². The molecule has 0 aliphatic carbocycles. The Morgan fingerprint density at radius 2 is 1.84 bits per heavy atom. The predicted molar refractivity (Wildman–Crippen MR) is 104 cm³/mol. The van der Waals surface area contributed by atoms with E-state index in [9.17, 15) is 4.39 Å². The molecule has 1 aliphatic rings. The third-order valence-corrected chi connectivity index (χ3v) is 5.05. The van der Waals surface area contributed by atoms with Crippen molar-refractivity contribution in [3.8, 4) is 0 Å². The van der Waals surface area contributed by atoms with Crippen LogP contribution in [0.2, 0.25) is 0 Å². The molecule has 1 saturated heterocycles. The number of piperazine rings is 1. The molecule has 3 nitrogen and oxygen atoms in total. The number of hydrogen-bond donors (Lipinski definition) is 0. The molecule has 0 spiro atoms. The first-order valence-electron chi connectivity index (χ1n) is 8.54. The molecule has 132 valence electrons. The van der Waals surface area contributed by atoms with Crippen molar-refractivity contribution >= 4 is 22.1 Å². The highest BCUT2D eigenvalue weighted by Gasteiger charge is 2.16. The second-order valence-corrected chi connectivity index (χ2v) is 7.49. The van der Waals surface area contributed by atoms with Gasteiger partial charge in [-0.25, -0.2) is 4.39 Å². The van der Waals surface area contributed by atoms with Crippen LogP contribution in [0, 0.1) is 19.7 Å². The highest BCUT2D eigenvalue weighted by atomic mass is 79.9. The lowest BCUT2D eigenvalue weighted by Gasteiger charge is -2.33. The zero-order chi connectivity index (χ0) is 17.8. The Balaban J connectivity index is 1.55. The van der Waals surface area contributed by atoms with E-state index in [1.807, 2.05) is 5.01 Å². The van der Waals surface area contributed by atoms with Crippen molar-refractivity contribution < 1.29 is 4.39 Å². The molecule has 3 rings (SSSR count). The standard InChI is InChI=1S/C20H23BrFN3/c1-15-3-4-17(16(2)11-15)14-24-7-9-25(10-8-24)23-13-18-12-19(21)5-6-20(18)22/h3-6,11-13H,7-10,14H2,1-2H3. The van der Waals surface area contributed by atoms with Gasteiger partial charge in [0.2, 0.25) is 0 Å². The molecule has 0 unspecified atom stereocenters. The lowest BCUT2D eigenvalue weighted by Crippen LogP contribution is -2.43. The Hall–Kier alpha value is -1.72. The minimum atomic E-state index is -0.250. The Labute approximate surface area is 157 Å². The number of halogens is 2. The van der Waals surface area contributed by atoms with E-state index in [4.69, 9.17) is 0 Å². The highest BCUT2D eigenvalue weighted by Crippen LogP contribution is 2.16. The molecule has 0 N–H and O–H groups in total. The van der Waals surface area contributed by atoms with Crippen molar-refractivity contribution in [1.82, 2.24) is 9.91 Å². The summed E-state index contributed by atoms with van der Waals surface area (Å²) in [7, 11) is 0. The summed E-state index contributed by atoms with van der Waals surface area (Å²) in [5.74, 6) is -0.250. The third-order valence-electron chi connectivity index (χ3n) is 4.56. The van der Waals surface area contributed by atoms with Crippen molar-refractivity contribution in [2.24, 2.45) is 5.10 Å². The third kappa shape index (κ3) is 4.89. The molecule has 1 aliphatic heterocycles. The number of rotatable bonds is 4. The lowest BCUT2D eigenvalue weighted by molar-refractivity contribution is 0.131. The summed E-state index contributed by atoms with van der Waals surface area (Å²) < 4.78 is 14.6. The smallest absolute Gasteiger partial charge is 0.132 e. The normalized spacial score (nSPS) is 15.9. The van der Waals surface area contributed by atoms with Crippen LogP contribution in [0.5, 0.6) is 0 Å². The minimum absolute atomic E-state index is 0.250. The van der Waals surface area contributed by atoms with Gasteiger partial charge in [0, 0.05) is 42.8 Å². The minimum Gasteiger partial charge on any atom is -0.295 e. The molecule has 25 heavy (non-hydrogen) atoms. The summed E-state index contributed by atoms with van der Waals surface area (Å²) in [4.78, 5) is 2.45. The average molecular weight is 404 g/mol. The van der Waals surface area contributed by atoms with Gasteiger partial charge < -0.3 is 0 Å². The van der Waals surface area contributed by atoms with E-state index in [1.165, 1.54) is 22.8 Å². The first-order valence-corrected chi connectivity index (χ1v) is 9.33. The SMILES string of the molecule is Cc1ccc(CN2CCN(N=Cc3cc(Br)ccc3F)CC2)c(C)c1. The molecule has 5 heteroatoms. The maximum atomic E-state index is 13.8. The van der Waals surface area contributed by atoms with Crippen LogP contribution < -0.4 is 0 Å². The van der Waals surface area contributed by atoms with Crippen LogP contribution in [0.3, 0.4) is 0 Å². The van der Waals surface area contributed by atoms with Crippen molar-refractivity contribution in [3.05, 3.63) is 68.9 Å². The monoisotopic (exact) mass is 403 g/mol. The quantitative estimate of drug-likeness (QED) is 0.706. The zero-order valence-corrected chi connectivity index (χ0v) is 16.3. The summed E-state index contributed by atoms with van der Waals surface area (Å²) in [6.07, 6.45) is 1.61. The van der Waals surface area contributed by atoms with Crippen molar-refractivity contribution in [2.75, 3.05) is 26.2 Å². The highest BCUT2D eigenvalue weighted by molar-refractivity contribution is 9.10. The van der Waals surface area contributed by atoms with Crippen molar-refractivity contribution in [1.29, 1.82) is 0 Å². The summed E-state index contributed by atoms with van der Waals surface area (Å²) >= 11 is 3.36. The Morgan fingerprint density at radius 3 is 2.56 bits per heavy atom. The summed E-state index contributed by atoms with van der Waals surface area (Å²) in [6, 6.07) is 11.5. The van der Waals surface area contributed by atoms with Crippen LogP contribution in [0.15, 0.2) is 46.0 Å². The molecule has 0 bridgehead atoms. The Kier molecular flexibility index (Phi) is 5.86. The van der Waals surface area contributed by atoms with Crippen molar-refractivity contribution in [2.45, 2.75) is 20.4 Å². The van der Waals surface area contributed by atoms with Crippen LogP contribution in [0.1, 0.15) is 22.3 Å². The number of aryl methyl sites for hydroxylation is 2. The molecular weight excluding hydrogens is 381 g/mol. The molecule has 0 radical (unpaired) electrons. The molecule has 1 fully saturated rings. The van der Waals surface area contributed by atoms with Gasteiger partial charge in [-0.05, 0) is 43.2 Å². The summed E-state index contributed by atoms with van der Waals surface area (Å²) in [5, 5.41) is 6.46. The largest absolute Gasteiger partial charge is 0.295 e. The topological polar surface area (TPSA) is 18.8 Å². The van der Waals surface area contributed by atoms with Gasteiger partial charge in [0.1, 0.15) is 5.82 Å². The second-order valence-electron chi connectivity index (χ2n) is 6.57. The summed E-state index contributed by atoms with van der Waals surface area (Å²) in [6.45, 7) is 8.92. The number of hydrogen-bond acceptors (Lipinski definition) is 3.